The van der Waals surface area contributed by atoms with Gasteiger partial charge in [0, 0.05) is 30.9 Å². The Labute approximate surface area is 120 Å². The summed E-state index contributed by atoms with van der Waals surface area (Å²) in [5, 5.41) is 16.1. The summed E-state index contributed by atoms with van der Waals surface area (Å²) < 4.78 is 5.13. The van der Waals surface area contributed by atoms with Gasteiger partial charge >= 0.3 is 5.63 Å². The Morgan fingerprint density at radius 3 is 2.95 bits per heavy atom. The van der Waals surface area contributed by atoms with Gasteiger partial charge in [-0.3, -0.25) is 4.79 Å². The van der Waals surface area contributed by atoms with Gasteiger partial charge < -0.3 is 20.2 Å². The molecule has 3 rings (SSSR count). The van der Waals surface area contributed by atoms with Crippen molar-refractivity contribution in [1.82, 2.24) is 10.6 Å². The molecule has 1 aliphatic heterocycles. The number of fused-ring (bicyclic) bond motifs is 1. The van der Waals surface area contributed by atoms with E-state index in [1.165, 1.54) is 6.07 Å². The van der Waals surface area contributed by atoms with Gasteiger partial charge in [0.05, 0.1) is 6.10 Å². The van der Waals surface area contributed by atoms with Crippen molar-refractivity contribution in [3.63, 3.8) is 0 Å². The van der Waals surface area contributed by atoms with E-state index >= 15 is 0 Å². The highest BCUT2D eigenvalue weighted by Crippen LogP contribution is 2.13. The first-order valence-corrected chi connectivity index (χ1v) is 6.85. The summed E-state index contributed by atoms with van der Waals surface area (Å²) >= 11 is 0. The van der Waals surface area contributed by atoms with Gasteiger partial charge in [0.2, 0.25) is 0 Å². The molecule has 21 heavy (non-hydrogen) atoms. The van der Waals surface area contributed by atoms with Crippen LogP contribution in [0.2, 0.25) is 0 Å². The van der Waals surface area contributed by atoms with Crippen LogP contribution in [-0.2, 0) is 0 Å². The first kappa shape index (κ1) is 13.8. The van der Waals surface area contributed by atoms with Gasteiger partial charge in [-0.15, -0.1) is 0 Å². The van der Waals surface area contributed by atoms with Crippen molar-refractivity contribution >= 4 is 16.9 Å². The predicted molar refractivity (Wildman–Crippen MR) is 77.2 cm³/mol. The molecule has 2 unspecified atom stereocenters. The number of amides is 1. The number of β-amino-alcohol motifs (C(OH)–C–C–N with tert-alkyl or cyclic N) is 1. The lowest BCUT2D eigenvalue weighted by Gasteiger charge is -2.13. The lowest BCUT2D eigenvalue weighted by atomic mass is 10.1. The molecule has 1 aromatic heterocycles. The Kier molecular flexibility index (Phi) is 3.72. The van der Waals surface area contributed by atoms with E-state index in [1.807, 2.05) is 6.07 Å². The van der Waals surface area contributed by atoms with Crippen molar-refractivity contribution in [3.8, 4) is 0 Å². The minimum atomic E-state index is -0.656. The van der Waals surface area contributed by atoms with Crippen molar-refractivity contribution in [2.24, 2.45) is 5.92 Å². The quantitative estimate of drug-likeness (QED) is 0.697. The molecule has 1 saturated heterocycles. The molecule has 0 radical (unpaired) electrons. The molecule has 0 aliphatic carbocycles. The van der Waals surface area contributed by atoms with E-state index in [9.17, 15) is 14.7 Å². The van der Waals surface area contributed by atoms with Crippen LogP contribution in [0, 0.1) is 5.92 Å². The topological polar surface area (TPSA) is 91.6 Å². The van der Waals surface area contributed by atoms with Gasteiger partial charge in [-0.25, -0.2) is 4.79 Å². The monoisotopic (exact) mass is 288 g/mol. The fourth-order valence-corrected chi connectivity index (χ4v) is 2.47. The molecule has 2 atom stereocenters. The summed E-state index contributed by atoms with van der Waals surface area (Å²) in [5.41, 5.74) is -0.222. The van der Waals surface area contributed by atoms with Crippen molar-refractivity contribution in [2.45, 2.75) is 6.10 Å². The summed E-state index contributed by atoms with van der Waals surface area (Å²) in [4.78, 5) is 23.9. The third-order valence-electron chi connectivity index (χ3n) is 3.72. The number of rotatable bonds is 3. The number of carbonyl (C=O) groups excluding carboxylic acids is 1. The SMILES string of the molecule is O=C(NCC1CNCC1O)c1cc2ccccc2oc1=O. The molecule has 6 nitrogen and oxygen atoms in total. The molecule has 110 valence electrons. The molecule has 2 aromatic rings. The van der Waals surface area contributed by atoms with Crippen LogP contribution >= 0.6 is 0 Å². The smallest absolute Gasteiger partial charge is 0.349 e. The summed E-state index contributed by atoms with van der Waals surface area (Å²) in [6.07, 6.45) is -0.474. The highest BCUT2D eigenvalue weighted by atomic mass is 16.4. The number of para-hydroxylation sites is 1. The van der Waals surface area contributed by atoms with Crippen LogP contribution in [0.3, 0.4) is 0 Å². The zero-order valence-corrected chi connectivity index (χ0v) is 11.3. The highest BCUT2D eigenvalue weighted by molar-refractivity contribution is 5.96. The van der Waals surface area contributed by atoms with E-state index in [2.05, 4.69) is 10.6 Å². The molecular formula is C15H16N2O4. The van der Waals surface area contributed by atoms with Gasteiger partial charge in [0.25, 0.3) is 5.91 Å². The number of hydrogen-bond acceptors (Lipinski definition) is 5. The maximum Gasteiger partial charge on any atom is 0.349 e. The maximum atomic E-state index is 12.1. The molecule has 0 saturated carbocycles. The van der Waals surface area contributed by atoms with Gasteiger partial charge in [0.15, 0.2) is 0 Å². The normalized spacial score (nSPS) is 21.6. The second-order valence-corrected chi connectivity index (χ2v) is 5.18. The van der Waals surface area contributed by atoms with Crippen LogP contribution in [0.1, 0.15) is 10.4 Å². The summed E-state index contributed by atoms with van der Waals surface area (Å²) in [6.45, 7) is 1.49. The van der Waals surface area contributed by atoms with Crippen molar-refractivity contribution < 1.29 is 14.3 Å². The van der Waals surface area contributed by atoms with Crippen molar-refractivity contribution in [3.05, 3.63) is 46.3 Å². The van der Waals surface area contributed by atoms with Crippen molar-refractivity contribution in [2.75, 3.05) is 19.6 Å². The molecule has 1 aromatic carbocycles. The van der Waals surface area contributed by atoms with Crippen LogP contribution in [0.15, 0.2) is 39.5 Å². The van der Waals surface area contributed by atoms with E-state index < -0.39 is 17.6 Å². The Morgan fingerprint density at radius 2 is 2.19 bits per heavy atom. The van der Waals surface area contributed by atoms with E-state index in [0.717, 1.165) is 0 Å². The Morgan fingerprint density at radius 1 is 1.38 bits per heavy atom. The van der Waals surface area contributed by atoms with E-state index in [1.54, 1.807) is 18.2 Å². The van der Waals surface area contributed by atoms with Gasteiger partial charge in [0.1, 0.15) is 11.1 Å². The van der Waals surface area contributed by atoms with E-state index in [4.69, 9.17) is 4.42 Å². The number of aliphatic hydroxyl groups is 1. The number of hydrogen-bond donors (Lipinski definition) is 3. The molecule has 6 heteroatoms. The molecule has 1 amide bonds. The summed E-state index contributed by atoms with van der Waals surface area (Å²) in [7, 11) is 0. The summed E-state index contributed by atoms with van der Waals surface area (Å²) in [6, 6.07) is 8.56. The zero-order valence-electron chi connectivity index (χ0n) is 11.3. The Balaban J connectivity index is 1.78. The minimum Gasteiger partial charge on any atom is -0.422 e. The molecule has 0 spiro atoms. The third-order valence-corrected chi connectivity index (χ3v) is 3.72. The fraction of sp³-hybridized carbons (Fsp3) is 0.333. The van der Waals surface area contributed by atoms with Gasteiger partial charge in [-0.05, 0) is 12.1 Å². The Hall–Kier alpha value is -2.18. The predicted octanol–water partition coefficient (Wildman–Crippen LogP) is 0.103. The molecule has 1 aliphatic rings. The largest absolute Gasteiger partial charge is 0.422 e. The van der Waals surface area contributed by atoms with E-state index in [-0.39, 0.29) is 11.5 Å². The number of benzene rings is 1. The molecular weight excluding hydrogens is 272 g/mol. The van der Waals surface area contributed by atoms with Crippen LogP contribution in [0.25, 0.3) is 11.0 Å². The number of aliphatic hydroxyl groups excluding tert-OH is 1. The Bertz CT molecular complexity index is 725. The van der Waals surface area contributed by atoms with Crippen LogP contribution in [-0.4, -0.2) is 36.8 Å². The second kappa shape index (κ2) is 5.67. The first-order chi connectivity index (χ1) is 10.1. The standard InChI is InChI=1S/C15H16N2O4/c18-12-8-16-6-10(12)7-17-14(19)11-5-9-3-1-2-4-13(9)21-15(11)20/h1-5,10,12,16,18H,6-8H2,(H,17,19). The summed E-state index contributed by atoms with van der Waals surface area (Å²) in [5.74, 6) is -0.518. The van der Waals surface area contributed by atoms with E-state index in [0.29, 0.717) is 30.6 Å². The first-order valence-electron chi connectivity index (χ1n) is 6.85. The highest BCUT2D eigenvalue weighted by Gasteiger charge is 2.25. The third kappa shape index (κ3) is 2.81. The molecule has 2 heterocycles. The average Bonchev–Trinajstić information content (AvgIpc) is 2.89. The lowest BCUT2D eigenvalue weighted by Crippen LogP contribution is -2.36. The second-order valence-electron chi connectivity index (χ2n) is 5.18. The average molecular weight is 288 g/mol. The van der Waals surface area contributed by atoms with Crippen molar-refractivity contribution in [1.29, 1.82) is 0 Å². The fourth-order valence-electron chi connectivity index (χ4n) is 2.47. The van der Waals surface area contributed by atoms with Crippen LogP contribution in [0.4, 0.5) is 0 Å². The lowest BCUT2D eigenvalue weighted by molar-refractivity contribution is 0.0923. The van der Waals surface area contributed by atoms with Crippen LogP contribution < -0.4 is 16.3 Å². The number of carbonyl (C=O) groups is 1. The molecule has 3 N–H and O–H groups in total. The minimum absolute atomic E-state index is 0.0193. The maximum absolute atomic E-state index is 12.1. The van der Waals surface area contributed by atoms with Gasteiger partial charge in [-0.2, -0.15) is 0 Å². The molecule has 0 bridgehead atoms. The van der Waals surface area contributed by atoms with Gasteiger partial charge in [-0.1, -0.05) is 18.2 Å². The van der Waals surface area contributed by atoms with Crippen LogP contribution in [0.5, 0.6) is 0 Å². The number of nitrogens with one attached hydrogen (secondary N) is 2. The zero-order chi connectivity index (χ0) is 14.8. The molecule has 1 fully saturated rings.